The van der Waals surface area contributed by atoms with E-state index in [1.165, 1.54) is 0 Å². The molecule has 20 heavy (non-hydrogen) atoms. The second-order valence-corrected chi connectivity index (χ2v) is 4.48. The lowest BCUT2D eigenvalue weighted by Gasteiger charge is -2.20. The maximum atomic E-state index is 11.8. The zero-order valence-corrected chi connectivity index (χ0v) is 11.8. The zero-order valence-electron chi connectivity index (χ0n) is 11.8. The Morgan fingerprint density at radius 3 is 2.85 bits per heavy atom. The molecule has 0 aliphatic rings. The predicted molar refractivity (Wildman–Crippen MR) is 79.5 cm³/mol. The number of aliphatic hydroxyl groups excluding tert-OH is 1. The minimum absolute atomic E-state index is 0.0700. The van der Waals surface area contributed by atoms with Gasteiger partial charge in [-0.1, -0.05) is 6.07 Å². The molecule has 0 saturated carbocycles. The number of carbonyl (C=O) groups is 1. The van der Waals surface area contributed by atoms with Crippen molar-refractivity contribution in [2.75, 3.05) is 51.0 Å². The molecule has 0 aromatic heterocycles. The summed E-state index contributed by atoms with van der Waals surface area (Å²) in [4.78, 5) is 13.8. The van der Waals surface area contributed by atoms with Gasteiger partial charge in [0, 0.05) is 44.5 Å². The number of nitrogen functional groups attached to an aromatic ring is 1. The topological polar surface area (TPSA) is 87.8 Å². The number of aliphatic hydroxyl groups is 1. The Balaban J connectivity index is 2.37. The highest BCUT2D eigenvalue weighted by Gasteiger charge is 2.08. The van der Waals surface area contributed by atoms with Gasteiger partial charge in [-0.05, 0) is 18.2 Å². The first kappa shape index (κ1) is 16.4. The summed E-state index contributed by atoms with van der Waals surface area (Å²) in [5.41, 5.74) is 6.96. The lowest BCUT2D eigenvalue weighted by atomic mass is 10.2. The summed E-state index contributed by atoms with van der Waals surface area (Å²) in [6, 6.07) is 7.07. The van der Waals surface area contributed by atoms with Gasteiger partial charge in [0.2, 0.25) is 5.91 Å². The number of carbonyl (C=O) groups excluding carboxylic acids is 1. The number of methoxy groups -OCH3 is 1. The van der Waals surface area contributed by atoms with Gasteiger partial charge < -0.3 is 20.9 Å². The molecule has 1 amide bonds. The summed E-state index contributed by atoms with van der Waals surface area (Å²) in [6.07, 6.45) is 0.360. The van der Waals surface area contributed by atoms with Gasteiger partial charge in [0.05, 0.1) is 13.2 Å². The fourth-order valence-electron chi connectivity index (χ4n) is 1.80. The second-order valence-electron chi connectivity index (χ2n) is 4.48. The first-order valence-electron chi connectivity index (χ1n) is 6.63. The van der Waals surface area contributed by atoms with E-state index < -0.39 is 0 Å². The summed E-state index contributed by atoms with van der Waals surface area (Å²) in [5.74, 6) is -0.0732. The average molecular weight is 281 g/mol. The molecule has 0 spiro atoms. The monoisotopic (exact) mass is 281 g/mol. The van der Waals surface area contributed by atoms with Gasteiger partial charge in [-0.2, -0.15) is 0 Å². The van der Waals surface area contributed by atoms with Crippen LogP contribution in [0.5, 0.6) is 0 Å². The number of anilines is 2. The largest absolute Gasteiger partial charge is 0.399 e. The first-order chi connectivity index (χ1) is 9.65. The van der Waals surface area contributed by atoms with Gasteiger partial charge in [-0.25, -0.2) is 0 Å². The Kier molecular flexibility index (Phi) is 7.64. The normalized spacial score (nSPS) is 10.8. The van der Waals surface area contributed by atoms with Gasteiger partial charge in [0.1, 0.15) is 0 Å². The van der Waals surface area contributed by atoms with Crippen molar-refractivity contribution in [1.82, 2.24) is 4.90 Å². The number of nitrogens with two attached hydrogens (primary N) is 1. The number of nitrogens with one attached hydrogen (secondary N) is 1. The third kappa shape index (κ3) is 6.51. The van der Waals surface area contributed by atoms with Crippen molar-refractivity contribution < 1.29 is 14.6 Å². The molecule has 6 nitrogen and oxygen atoms in total. The van der Waals surface area contributed by atoms with Crippen LogP contribution >= 0.6 is 0 Å². The number of rotatable bonds is 9. The summed E-state index contributed by atoms with van der Waals surface area (Å²) >= 11 is 0. The molecular formula is C14H23N3O3. The van der Waals surface area contributed by atoms with E-state index in [1.54, 1.807) is 31.4 Å². The molecule has 0 aliphatic carbocycles. The van der Waals surface area contributed by atoms with E-state index in [1.807, 2.05) is 4.90 Å². The average Bonchev–Trinajstić information content (AvgIpc) is 2.42. The highest BCUT2D eigenvalue weighted by atomic mass is 16.5. The van der Waals surface area contributed by atoms with Gasteiger partial charge in [0.25, 0.3) is 0 Å². The number of ether oxygens (including phenoxy) is 1. The summed E-state index contributed by atoms with van der Waals surface area (Å²) in [7, 11) is 1.63. The lowest BCUT2D eigenvalue weighted by molar-refractivity contribution is -0.116. The second kappa shape index (κ2) is 9.30. The van der Waals surface area contributed by atoms with E-state index >= 15 is 0 Å². The lowest BCUT2D eigenvalue weighted by Crippen LogP contribution is -2.33. The van der Waals surface area contributed by atoms with Crippen molar-refractivity contribution in [3.05, 3.63) is 24.3 Å². The highest BCUT2D eigenvalue weighted by Crippen LogP contribution is 2.11. The van der Waals surface area contributed by atoms with Crippen LogP contribution < -0.4 is 11.1 Å². The van der Waals surface area contributed by atoms with Crippen molar-refractivity contribution in [1.29, 1.82) is 0 Å². The first-order valence-corrected chi connectivity index (χ1v) is 6.63. The molecule has 0 radical (unpaired) electrons. The highest BCUT2D eigenvalue weighted by molar-refractivity contribution is 5.91. The van der Waals surface area contributed by atoms with E-state index in [2.05, 4.69) is 5.32 Å². The molecule has 0 fully saturated rings. The van der Waals surface area contributed by atoms with Crippen LogP contribution in [0.25, 0.3) is 0 Å². The fourth-order valence-corrected chi connectivity index (χ4v) is 1.80. The minimum Gasteiger partial charge on any atom is -0.399 e. The fraction of sp³-hybridized carbons (Fsp3) is 0.500. The van der Waals surface area contributed by atoms with Gasteiger partial charge in [0.15, 0.2) is 0 Å². The van der Waals surface area contributed by atoms with Crippen LogP contribution in [0.1, 0.15) is 6.42 Å². The molecule has 1 aromatic rings. The molecular weight excluding hydrogens is 258 g/mol. The number of nitrogens with zero attached hydrogens (tertiary/aromatic N) is 1. The molecule has 1 aromatic carbocycles. The van der Waals surface area contributed by atoms with Crippen LogP contribution in [0.3, 0.4) is 0 Å². The van der Waals surface area contributed by atoms with Crippen LogP contribution in [0, 0.1) is 0 Å². The molecule has 6 heteroatoms. The summed E-state index contributed by atoms with van der Waals surface area (Å²) in [6.45, 7) is 2.47. The third-order valence-corrected chi connectivity index (χ3v) is 2.85. The van der Waals surface area contributed by atoms with Crippen molar-refractivity contribution in [3.63, 3.8) is 0 Å². The summed E-state index contributed by atoms with van der Waals surface area (Å²) < 4.78 is 5.00. The minimum atomic E-state index is -0.0732. The molecule has 0 bridgehead atoms. The van der Waals surface area contributed by atoms with Crippen LogP contribution in [0.4, 0.5) is 11.4 Å². The number of amides is 1. The molecule has 4 N–H and O–H groups in total. The third-order valence-electron chi connectivity index (χ3n) is 2.85. The van der Waals surface area contributed by atoms with Crippen LogP contribution in [0.2, 0.25) is 0 Å². The van der Waals surface area contributed by atoms with E-state index in [9.17, 15) is 4.79 Å². The van der Waals surface area contributed by atoms with E-state index in [0.717, 1.165) is 0 Å². The zero-order chi connectivity index (χ0) is 14.8. The van der Waals surface area contributed by atoms with E-state index in [-0.39, 0.29) is 12.5 Å². The molecule has 0 atom stereocenters. The SMILES string of the molecule is COCCN(CCO)CCC(=O)Nc1cccc(N)c1. The smallest absolute Gasteiger partial charge is 0.225 e. The number of hydrogen-bond acceptors (Lipinski definition) is 5. The van der Waals surface area contributed by atoms with Crippen LogP contribution in [0.15, 0.2) is 24.3 Å². The Morgan fingerprint density at radius 1 is 1.40 bits per heavy atom. The molecule has 112 valence electrons. The maximum absolute atomic E-state index is 11.8. The summed E-state index contributed by atoms with van der Waals surface area (Å²) in [5, 5.41) is 11.8. The number of hydrogen-bond donors (Lipinski definition) is 3. The Hall–Kier alpha value is -1.63. The van der Waals surface area contributed by atoms with E-state index in [0.29, 0.717) is 44.0 Å². The maximum Gasteiger partial charge on any atom is 0.225 e. The standard InChI is InChI=1S/C14H23N3O3/c1-20-10-8-17(7-9-18)6-5-14(19)16-13-4-2-3-12(15)11-13/h2-4,11,18H,5-10,15H2,1H3,(H,16,19). The Labute approximate surface area is 119 Å². The van der Waals surface area contributed by atoms with Gasteiger partial charge in [-0.15, -0.1) is 0 Å². The van der Waals surface area contributed by atoms with Gasteiger partial charge >= 0.3 is 0 Å². The van der Waals surface area contributed by atoms with Crippen LogP contribution in [-0.4, -0.2) is 55.9 Å². The van der Waals surface area contributed by atoms with Crippen molar-refractivity contribution in [2.24, 2.45) is 0 Å². The molecule has 0 aliphatic heterocycles. The Bertz CT molecular complexity index is 412. The molecule has 0 saturated heterocycles. The van der Waals surface area contributed by atoms with Crippen molar-refractivity contribution in [3.8, 4) is 0 Å². The predicted octanol–water partition coefficient (Wildman–Crippen LogP) is 0.538. The molecule has 0 unspecified atom stereocenters. The Morgan fingerprint density at radius 2 is 2.20 bits per heavy atom. The quantitative estimate of drug-likeness (QED) is 0.575. The van der Waals surface area contributed by atoms with E-state index in [4.69, 9.17) is 15.6 Å². The van der Waals surface area contributed by atoms with Gasteiger partial charge in [-0.3, -0.25) is 9.69 Å². The van der Waals surface area contributed by atoms with Crippen molar-refractivity contribution >= 4 is 17.3 Å². The number of benzene rings is 1. The van der Waals surface area contributed by atoms with Crippen molar-refractivity contribution in [2.45, 2.75) is 6.42 Å². The molecule has 0 heterocycles. The molecule has 1 rings (SSSR count). The van der Waals surface area contributed by atoms with Crippen LogP contribution in [-0.2, 0) is 9.53 Å².